The fourth-order valence-electron chi connectivity index (χ4n) is 4.10. The van der Waals surface area contributed by atoms with Crippen molar-refractivity contribution in [1.82, 2.24) is 9.38 Å². The molecule has 35 heavy (non-hydrogen) atoms. The van der Waals surface area contributed by atoms with Crippen LogP contribution in [0.25, 0.3) is 11.7 Å². The molecule has 4 rings (SSSR count). The Labute approximate surface area is 203 Å². The molecule has 9 heteroatoms. The van der Waals surface area contributed by atoms with E-state index in [1.807, 2.05) is 31.7 Å². The Morgan fingerprint density at radius 1 is 1.23 bits per heavy atom. The molecule has 2 atom stereocenters. The number of carbonyl (C=O) groups is 1. The maximum atomic E-state index is 13.5. The standard InChI is InChI=1S/C26H27N5O4/c1-4-34-21-10-8-20(9-11-21)28-25(32)19(14-27)13-22-24(30-15-17(2)35-18(3)16-30)29-23-7-5-6-12-31(23)26(22)33/h5-13,17-18H,4,15-16H2,1-3H3,(H,28,32)/b19-13+/t17-,18-/m1/s1. The van der Waals surface area contributed by atoms with Crippen LogP contribution in [0.1, 0.15) is 26.3 Å². The maximum Gasteiger partial charge on any atom is 0.267 e. The number of hydrogen-bond donors (Lipinski definition) is 1. The van der Waals surface area contributed by atoms with Crippen LogP contribution in [0.3, 0.4) is 0 Å². The van der Waals surface area contributed by atoms with Gasteiger partial charge >= 0.3 is 0 Å². The van der Waals surface area contributed by atoms with E-state index in [0.717, 1.165) is 0 Å². The van der Waals surface area contributed by atoms with Crippen LogP contribution in [0.4, 0.5) is 11.5 Å². The molecule has 1 fully saturated rings. The van der Waals surface area contributed by atoms with Gasteiger partial charge in [-0.25, -0.2) is 4.98 Å². The number of nitrogens with zero attached hydrogens (tertiary/aromatic N) is 4. The van der Waals surface area contributed by atoms with Gasteiger partial charge in [0.1, 0.15) is 28.9 Å². The van der Waals surface area contributed by atoms with E-state index in [1.165, 1.54) is 10.5 Å². The Morgan fingerprint density at radius 3 is 2.60 bits per heavy atom. The van der Waals surface area contributed by atoms with Crippen LogP contribution in [-0.2, 0) is 9.53 Å². The number of anilines is 2. The van der Waals surface area contributed by atoms with Gasteiger partial charge in [-0.15, -0.1) is 0 Å². The number of morpholine rings is 1. The van der Waals surface area contributed by atoms with Gasteiger partial charge in [-0.3, -0.25) is 14.0 Å². The molecule has 0 unspecified atom stereocenters. The first kappa shape index (κ1) is 24.0. The van der Waals surface area contributed by atoms with Crippen LogP contribution >= 0.6 is 0 Å². The van der Waals surface area contributed by atoms with Crippen molar-refractivity contribution in [3.63, 3.8) is 0 Å². The average Bonchev–Trinajstić information content (AvgIpc) is 2.84. The van der Waals surface area contributed by atoms with E-state index >= 15 is 0 Å². The maximum absolute atomic E-state index is 13.5. The van der Waals surface area contributed by atoms with Crippen molar-refractivity contribution >= 4 is 29.1 Å². The molecular formula is C26H27N5O4. The second-order valence-electron chi connectivity index (χ2n) is 8.33. The molecule has 1 aliphatic rings. The third-order valence-corrected chi connectivity index (χ3v) is 5.55. The minimum absolute atomic E-state index is 0.0648. The lowest BCUT2D eigenvalue weighted by Crippen LogP contribution is -2.46. The van der Waals surface area contributed by atoms with Gasteiger partial charge in [0.15, 0.2) is 0 Å². The topological polar surface area (TPSA) is 109 Å². The molecule has 3 heterocycles. The summed E-state index contributed by atoms with van der Waals surface area (Å²) in [5.74, 6) is 0.476. The molecule has 1 amide bonds. The highest BCUT2D eigenvalue weighted by Crippen LogP contribution is 2.24. The summed E-state index contributed by atoms with van der Waals surface area (Å²) >= 11 is 0. The molecule has 1 saturated heterocycles. The zero-order valence-corrected chi connectivity index (χ0v) is 19.9. The smallest absolute Gasteiger partial charge is 0.267 e. The summed E-state index contributed by atoms with van der Waals surface area (Å²) in [6.07, 6.45) is 2.80. The van der Waals surface area contributed by atoms with E-state index in [-0.39, 0.29) is 28.9 Å². The third kappa shape index (κ3) is 5.34. The van der Waals surface area contributed by atoms with Crippen molar-refractivity contribution in [2.45, 2.75) is 33.0 Å². The summed E-state index contributed by atoms with van der Waals surface area (Å²) in [4.78, 5) is 33.1. The number of carbonyl (C=O) groups excluding carboxylic acids is 1. The number of amides is 1. The summed E-state index contributed by atoms with van der Waals surface area (Å²) < 4.78 is 12.7. The van der Waals surface area contributed by atoms with Gasteiger partial charge in [0, 0.05) is 25.0 Å². The van der Waals surface area contributed by atoms with E-state index in [0.29, 0.717) is 42.6 Å². The van der Waals surface area contributed by atoms with Gasteiger partial charge < -0.3 is 19.7 Å². The highest BCUT2D eigenvalue weighted by Gasteiger charge is 2.27. The largest absolute Gasteiger partial charge is 0.494 e. The van der Waals surface area contributed by atoms with Crippen LogP contribution in [0.15, 0.2) is 59.0 Å². The first-order chi connectivity index (χ1) is 16.9. The van der Waals surface area contributed by atoms with Crippen molar-refractivity contribution in [2.75, 3.05) is 29.9 Å². The van der Waals surface area contributed by atoms with Crippen molar-refractivity contribution < 1.29 is 14.3 Å². The van der Waals surface area contributed by atoms with E-state index in [1.54, 1.807) is 48.7 Å². The van der Waals surface area contributed by atoms with Crippen LogP contribution in [0.5, 0.6) is 5.75 Å². The first-order valence-electron chi connectivity index (χ1n) is 11.5. The summed E-state index contributed by atoms with van der Waals surface area (Å²) in [6, 6.07) is 14.0. The fraction of sp³-hybridized carbons (Fsp3) is 0.308. The average molecular weight is 474 g/mol. The quantitative estimate of drug-likeness (QED) is 0.432. The van der Waals surface area contributed by atoms with E-state index in [4.69, 9.17) is 14.5 Å². The molecule has 1 aliphatic heterocycles. The van der Waals surface area contributed by atoms with Crippen molar-refractivity contribution in [3.8, 4) is 11.8 Å². The van der Waals surface area contributed by atoms with Crippen LogP contribution in [-0.4, -0.2) is 47.2 Å². The van der Waals surface area contributed by atoms with Crippen LogP contribution in [0, 0.1) is 11.3 Å². The van der Waals surface area contributed by atoms with Crippen molar-refractivity contribution in [2.24, 2.45) is 0 Å². The molecule has 0 radical (unpaired) electrons. The minimum atomic E-state index is -0.621. The normalized spacial score (nSPS) is 18.2. The summed E-state index contributed by atoms with van der Waals surface area (Å²) in [7, 11) is 0. The number of nitrogens with one attached hydrogen (secondary N) is 1. The number of nitriles is 1. The number of benzene rings is 1. The van der Waals surface area contributed by atoms with Gasteiger partial charge in [0.2, 0.25) is 0 Å². The monoisotopic (exact) mass is 473 g/mol. The van der Waals surface area contributed by atoms with E-state index in [9.17, 15) is 14.9 Å². The molecule has 2 aromatic heterocycles. The number of rotatable bonds is 6. The second-order valence-corrected chi connectivity index (χ2v) is 8.33. The van der Waals surface area contributed by atoms with Gasteiger partial charge in [-0.05, 0) is 63.2 Å². The Balaban J connectivity index is 1.74. The first-order valence-corrected chi connectivity index (χ1v) is 11.5. The Hall–Kier alpha value is -4.16. The SMILES string of the molecule is CCOc1ccc(NC(=O)/C(C#N)=C/c2c(N3C[C@@H](C)O[C@H](C)C3)nc3ccccn3c2=O)cc1. The second kappa shape index (κ2) is 10.4. The Kier molecular flexibility index (Phi) is 7.13. The summed E-state index contributed by atoms with van der Waals surface area (Å²) in [6.45, 7) is 7.39. The molecule has 0 saturated carbocycles. The third-order valence-electron chi connectivity index (χ3n) is 5.55. The summed E-state index contributed by atoms with van der Waals surface area (Å²) in [5, 5.41) is 12.5. The van der Waals surface area contributed by atoms with Gasteiger partial charge in [0.25, 0.3) is 11.5 Å². The predicted octanol–water partition coefficient (Wildman–Crippen LogP) is 3.25. The molecule has 180 valence electrons. The predicted molar refractivity (Wildman–Crippen MR) is 134 cm³/mol. The van der Waals surface area contributed by atoms with Crippen molar-refractivity contribution in [1.29, 1.82) is 5.26 Å². The van der Waals surface area contributed by atoms with Crippen molar-refractivity contribution in [3.05, 3.63) is 70.2 Å². The lowest BCUT2D eigenvalue weighted by Gasteiger charge is -2.36. The Bertz CT molecular complexity index is 1350. The number of hydrogen-bond acceptors (Lipinski definition) is 7. The molecule has 0 aliphatic carbocycles. The lowest BCUT2D eigenvalue weighted by molar-refractivity contribution is -0.112. The zero-order valence-electron chi connectivity index (χ0n) is 19.9. The highest BCUT2D eigenvalue weighted by molar-refractivity contribution is 6.10. The summed E-state index contributed by atoms with van der Waals surface area (Å²) in [5.41, 5.74) is 0.592. The number of pyridine rings is 1. The molecule has 1 N–H and O–H groups in total. The van der Waals surface area contributed by atoms with E-state index in [2.05, 4.69) is 5.32 Å². The van der Waals surface area contributed by atoms with Crippen LogP contribution < -0.4 is 20.5 Å². The minimum Gasteiger partial charge on any atom is -0.494 e. The molecular weight excluding hydrogens is 446 g/mol. The molecule has 3 aromatic rings. The van der Waals surface area contributed by atoms with Gasteiger partial charge in [-0.1, -0.05) is 6.07 Å². The van der Waals surface area contributed by atoms with Crippen LogP contribution in [0.2, 0.25) is 0 Å². The molecule has 0 spiro atoms. The fourth-order valence-corrected chi connectivity index (χ4v) is 4.10. The molecule has 1 aromatic carbocycles. The number of fused-ring (bicyclic) bond motifs is 1. The van der Waals surface area contributed by atoms with E-state index < -0.39 is 5.91 Å². The molecule has 0 bridgehead atoms. The number of aromatic nitrogens is 2. The van der Waals surface area contributed by atoms with Gasteiger partial charge in [0.05, 0.1) is 24.4 Å². The highest BCUT2D eigenvalue weighted by atomic mass is 16.5. The zero-order chi connectivity index (χ0) is 24.9. The Morgan fingerprint density at radius 2 is 1.94 bits per heavy atom. The lowest BCUT2D eigenvalue weighted by atomic mass is 10.1. The number of ether oxygens (including phenoxy) is 2. The van der Waals surface area contributed by atoms with Gasteiger partial charge in [-0.2, -0.15) is 5.26 Å². The molecule has 9 nitrogen and oxygen atoms in total.